The quantitative estimate of drug-likeness (QED) is 0.249. The van der Waals surface area contributed by atoms with Crippen LogP contribution in [0.2, 0.25) is 0 Å². The number of nitrogens with zero attached hydrogens (tertiary/aromatic N) is 4. The number of aromatic nitrogens is 4. The van der Waals surface area contributed by atoms with Crippen molar-refractivity contribution in [3.63, 3.8) is 0 Å². The van der Waals surface area contributed by atoms with E-state index in [-0.39, 0.29) is 0 Å². The highest BCUT2D eigenvalue weighted by molar-refractivity contribution is 7.25. The zero-order valence-electron chi connectivity index (χ0n) is 16.5. The fourth-order valence-corrected chi connectivity index (χ4v) is 6.74. The fourth-order valence-electron chi connectivity index (χ4n) is 3.32. The second kappa shape index (κ2) is 8.48. The zero-order valence-corrected chi connectivity index (χ0v) is 19.8. The molecule has 0 saturated carbocycles. The van der Waals surface area contributed by atoms with Crippen LogP contribution in [0.5, 0.6) is 0 Å². The normalized spacial score (nSPS) is 11.1. The van der Waals surface area contributed by atoms with Crippen LogP contribution in [-0.4, -0.2) is 19.9 Å². The van der Waals surface area contributed by atoms with Crippen molar-refractivity contribution in [2.75, 3.05) is 0 Å². The SMILES string of the molecule is c1csc(-c2cc(-c3ccc(-c4ccc(-c5cc(-c6cccs6)ncn5)s4)s3)ncn2)c1. The summed E-state index contributed by atoms with van der Waals surface area (Å²) in [6.45, 7) is 0. The van der Waals surface area contributed by atoms with E-state index < -0.39 is 0 Å². The molecule has 0 spiro atoms. The lowest BCUT2D eigenvalue weighted by Crippen LogP contribution is -1.85. The van der Waals surface area contributed by atoms with Gasteiger partial charge < -0.3 is 0 Å². The van der Waals surface area contributed by atoms with Gasteiger partial charge in [0.25, 0.3) is 0 Å². The van der Waals surface area contributed by atoms with Crippen molar-refractivity contribution in [2.45, 2.75) is 0 Å². The molecule has 0 fully saturated rings. The van der Waals surface area contributed by atoms with Crippen molar-refractivity contribution in [1.29, 1.82) is 0 Å². The molecule has 0 radical (unpaired) electrons. The van der Waals surface area contributed by atoms with Crippen LogP contribution < -0.4 is 0 Å². The van der Waals surface area contributed by atoms with Gasteiger partial charge in [0.15, 0.2) is 0 Å². The van der Waals surface area contributed by atoms with E-state index in [1.54, 1.807) is 58.0 Å². The molecule has 6 aromatic rings. The van der Waals surface area contributed by atoms with E-state index in [0.29, 0.717) is 0 Å². The van der Waals surface area contributed by atoms with E-state index in [9.17, 15) is 0 Å². The molecule has 0 amide bonds. The number of thiophene rings is 4. The molecule has 0 aliphatic heterocycles. The molecule has 0 unspecified atom stereocenters. The molecule has 8 heteroatoms. The molecule has 6 heterocycles. The molecule has 154 valence electrons. The molecule has 0 atom stereocenters. The summed E-state index contributed by atoms with van der Waals surface area (Å²) in [5, 5.41) is 4.13. The van der Waals surface area contributed by atoms with Crippen molar-refractivity contribution >= 4 is 45.3 Å². The third-order valence-electron chi connectivity index (χ3n) is 4.84. The Balaban J connectivity index is 1.29. The molecule has 0 aromatic carbocycles. The number of hydrogen-bond donors (Lipinski definition) is 0. The van der Waals surface area contributed by atoms with Gasteiger partial charge in [-0.2, -0.15) is 0 Å². The standard InChI is InChI=1S/C24H14N4S4/c1-3-19(29-9-1)15-11-17(27-13-25-15)21-5-7-23(31-21)24-8-6-22(32-24)18-12-16(26-14-28-18)20-4-2-10-30-20/h1-14H. The highest BCUT2D eigenvalue weighted by Crippen LogP contribution is 2.40. The Morgan fingerprint density at radius 3 is 1.25 bits per heavy atom. The van der Waals surface area contributed by atoms with Gasteiger partial charge in [-0.15, -0.1) is 45.3 Å². The second-order valence-electron chi connectivity index (χ2n) is 6.86. The maximum Gasteiger partial charge on any atom is 0.116 e. The first kappa shape index (κ1) is 19.6. The van der Waals surface area contributed by atoms with E-state index >= 15 is 0 Å². The molecular weight excluding hydrogens is 473 g/mol. The number of hydrogen-bond acceptors (Lipinski definition) is 8. The van der Waals surface area contributed by atoms with Crippen LogP contribution in [0.4, 0.5) is 0 Å². The summed E-state index contributed by atoms with van der Waals surface area (Å²) in [5.74, 6) is 0. The van der Waals surface area contributed by atoms with Gasteiger partial charge in [-0.05, 0) is 59.3 Å². The summed E-state index contributed by atoms with van der Waals surface area (Å²) in [7, 11) is 0. The van der Waals surface area contributed by atoms with Crippen molar-refractivity contribution < 1.29 is 0 Å². The third-order valence-corrected chi connectivity index (χ3v) is 9.04. The van der Waals surface area contributed by atoms with Crippen LogP contribution in [0.25, 0.3) is 52.0 Å². The van der Waals surface area contributed by atoms with E-state index in [1.165, 1.54) is 9.75 Å². The Kier molecular flexibility index (Phi) is 5.20. The van der Waals surface area contributed by atoms with Gasteiger partial charge in [-0.25, -0.2) is 19.9 Å². The van der Waals surface area contributed by atoms with Crippen molar-refractivity contribution in [3.8, 4) is 52.0 Å². The van der Waals surface area contributed by atoms with Crippen LogP contribution in [-0.2, 0) is 0 Å². The molecule has 0 bridgehead atoms. The maximum absolute atomic E-state index is 4.50. The topological polar surface area (TPSA) is 51.6 Å². The zero-order chi connectivity index (χ0) is 21.3. The Morgan fingerprint density at radius 1 is 0.438 bits per heavy atom. The van der Waals surface area contributed by atoms with Crippen LogP contribution in [0.15, 0.2) is 84.1 Å². The van der Waals surface area contributed by atoms with E-state index in [0.717, 1.165) is 42.3 Å². The van der Waals surface area contributed by atoms with Gasteiger partial charge in [-0.1, -0.05) is 12.1 Å². The van der Waals surface area contributed by atoms with Gasteiger partial charge in [0.1, 0.15) is 12.7 Å². The minimum absolute atomic E-state index is 0.952. The molecule has 0 aliphatic rings. The summed E-state index contributed by atoms with van der Waals surface area (Å²) >= 11 is 6.87. The first-order valence-electron chi connectivity index (χ1n) is 9.76. The van der Waals surface area contributed by atoms with Gasteiger partial charge in [0, 0.05) is 9.75 Å². The molecular formula is C24H14N4S4. The molecule has 32 heavy (non-hydrogen) atoms. The average Bonchev–Trinajstić information content (AvgIpc) is 3.66. The average molecular weight is 487 g/mol. The molecule has 6 aromatic heterocycles. The second-order valence-corrected chi connectivity index (χ2v) is 10.9. The van der Waals surface area contributed by atoms with Crippen molar-refractivity contribution in [2.24, 2.45) is 0 Å². The van der Waals surface area contributed by atoms with Crippen LogP contribution >= 0.6 is 45.3 Å². The largest absolute Gasteiger partial charge is 0.235 e. The lowest BCUT2D eigenvalue weighted by atomic mass is 10.2. The summed E-state index contributed by atoms with van der Waals surface area (Å²) < 4.78 is 0. The minimum Gasteiger partial charge on any atom is -0.235 e. The van der Waals surface area contributed by atoms with Crippen LogP contribution in [0.1, 0.15) is 0 Å². The Hall–Kier alpha value is -3.04. The lowest BCUT2D eigenvalue weighted by molar-refractivity contribution is 1.19. The van der Waals surface area contributed by atoms with Gasteiger partial charge in [-0.3, -0.25) is 0 Å². The summed E-state index contributed by atoms with van der Waals surface area (Å²) in [6.07, 6.45) is 3.29. The summed E-state index contributed by atoms with van der Waals surface area (Å²) in [4.78, 5) is 24.9. The first-order chi connectivity index (χ1) is 15.8. The molecule has 0 aliphatic carbocycles. The van der Waals surface area contributed by atoms with Crippen LogP contribution in [0, 0.1) is 0 Å². The van der Waals surface area contributed by atoms with Crippen LogP contribution in [0.3, 0.4) is 0 Å². The Morgan fingerprint density at radius 2 is 0.844 bits per heavy atom. The minimum atomic E-state index is 0.952. The van der Waals surface area contributed by atoms with Crippen molar-refractivity contribution in [1.82, 2.24) is 19.9 Å². The van der Waals surface area contributed by atoms with E-state index in [4.69, 9.17) is 0 Å². The van der Waals surface area contributed by atoms with Gasteiger partial charge in [0.05, 0.1) is 42.3 Å². The molecule has 0 N–H and O–H groups in total. The molecule has 0 saturated heterocycles. The van der Waals surface area contributed by atoms with E-state index in [2.05, 4.69) is 79.2 Å². The van der Waals surface area contributed by atoms with Crippen molar-refractivity contribution in [3.05, 3.63) is 84.1 Å². The fraction of sp³-hybridized carbons (Fsp3) is 0. The number of rotatable bonds is 5. The first-order valence-corrected chi connectivity index (χ1v) is 13.2. The molecule has 4 nitrogen and oxygen atoms in total. The predicted molar refractivity (Wildman–Crippen MR) is 136 cm³/mol. The summed E-state index contributed by atoms with van der Waals surface area (Å²) in [5.41, 5.74) is 3.83. The van der Waals surface area contributed by atoms with Gasteiger partial charge in [0.2, 0.25) is 0 Å². The van der Waals surface area contributed by atoms with E-state index in [1.807, 2.05) is 12.1 Å². The maximum atomic E-state index is 4.50. The highest BCUT2D eigenvalue weighted by Gasteiger charge is 2.12. The highest BCUT2D eigenvalue weighted by atomic mass is 32.1. The third kappa shape index (κ3) is 3.82. The lowest BCUT2D eigenvalue weighted by Gasteiger charge is -2.00. The monoisotopic (exact) mass is 486 g/mol. The molecule has 6 rings (SSSR count). The summed E-state index contributed by atoms with van der Waals surface area (Å²) in [6, 6.07) is 21.0. The Bertz CT molecular complexity index is 1370. The predicted octanol–water partition coefficient (Wildman–Crippen LogP) is 7.85. The Labute approximate surface area is 200 Å². The van der Waals surface area contributed by atoms with Gasteiger partial charge >= 0.3 is 0 Å². The smallest absolute Gasteiger partial charge is 0.116 e.